The van der Waals surface area contributed by atoms with Gasteiger partial charge < -0.3 is 9.47 Å². The molecule has 0 spiro atoms. The van der Waals surface area contributed by atoms with Crippen LogP contribution in [0.5, 0.6) is 0 Å². The Morgan fingerprint density at radius 2 is 2.09 bits per heavy atom. The molecule has 0 aromatic carbocycles. The summed E-state index contributed by atoms with van der Waals surface area (Å²) in [5.74, 6) is 0.665. The van der Waals surface area contributed by atoms with E-state index < -0.39 is 0 Å². The molecule has 2 nitrogen and oxygen atoms in total. The molecule has 0 aromatic rings. The highest BCUT2D eigenvalue weighted by Gasteiger charge is 2.19. The number of ether oxygens (including phenoxy) is 2. The molecule has 1 rings (SSSR count). The highest BCUT2D eigenvalue weighted by molar-refractivity contribution is 4.63. The smallest absolute Gasteiger partial charge is 0.158 e. The maximum Gasteiger partial charge on any atom is 0.158 e. The highest BCUT2D eigenvalue weighted by Crippen LogP contribution is 2.19. The van der Waals surface area contributed by atoms with E-state index in [1.54, 1.807) is 0 Å². The quantitative estimate of drug-likeness (QED) is 0.621. The van der Waals surface area contributed by atoms with Crippen LogP contribution in [0, 0.1) is 12.8 Å². The molecule has 2 heteroatoms. The summed E-state index contributed by atoms with van der Waals surface area (Å²) in [5, 5.41) is 0. The Bertz CT molecular complexity index is 93.7. The molecule has 0 aromatic heterocycles. The van der Waals surface area contributed by atoms with Crippen molar-refractivity contribution in [2.45, 2.75) is 32.5 Å². The van der Waals surface area contributed by atoms with E-state index in [-0.39, 0.29) is 6.29 Å². The molecule has 1 atom stereocenters. The van der Waals surface area contributed by atoms with Crippen molar-refractivity contribution in [1.29, 1.82) is 0 Å². The summed E-state index contributed by atoms with van der Waals surface area (Å²) in [7, 11) is 0. The van der Waals surface area contributed by atoms with Gasteiger partial charge in [-0.15, -0.1) is 0 Å². The van der Waals surface area contributed by atoms with Crippen molar-refractivity contribution in [1.82, 2.24) is 0 Å². The van der Waals surface area contributed by atoms with E-state index in [4.69, 9.17) is 9.47 Å². The third-order valence-corrected chi connectivity index (χ3v) is 2.20. The third kappa shape index (κ3) is 2.80. The van der Waals surface area contributed by atoms with Crippen LogP contribution in [0.4, 0.5) is 0 Å². The van der Waals surface area contributed by atoms with Gasteiger partial charge in [-0.1, -0.05) is 26.7 Å². The average molecular weight is 157 g/mol. The van der Waals surface area contributed by atoms with E-state index >= 15 is 0 Å². The van der Waals surface area contributed by atoms with E-state index in [1.807, 2.05) is 0 Å². The Balaban J connectivity index is 2.16. The zero-order valence-corrected chi connectivity index (χ0v) is 7.21. The monoisotopic (exact) mass is 157 g/mol. The Hall–Kier alpha value is -0.0800. The fourth-order valence-electron chi connectivity index (χ4n) is 1.30. The van der Waals surface area contributed by atoms with Crippen molar-refractivity contribution < 1.29 is 9.47 Å². The molecule has 1 fully saturated rings. The van der Waals surface area contributed by atoms with Gasteiger partial charge in [0, 0.05) is 6.42 Å². The highest BCUT2D eigenvalue weighted by atomic mass is 16.7. The molecule has 1 saturated heterocycles. The molecule has 1 unspecified atom stereocenters. The van der Waals surface area contributed by atoms with Crippen LogP contribution in [-0.2, 0) is 9.47 Å². The molecule has 0 N–H and O–H groups in total. The lowest BCUT2D eigenvalue weighted by molar-refractivity contribution is -0.0570. The lowest BCUT2D eigenvalue weighted by Gasteiger charge is -2.15. The Morgan fingerprint density at radius 1 is 1.45 bits per heavy atom. The van der Waals surface area contributed by atoms with Gasteiger partial charge in [-0.25, -0.2) is 0 Å². The summed E-state index contributed by atoms with van der Waals surface area (Å²) in [6, 6.07) is 0. The average Bonchev–Trinajstić information content (AvgIpc) is 2.52. The Labute approximate surface area is 68.9 Å². The number of rotatable bonds is 4. The van der Waals surface area contributed by atoms with Crippen molar-refractivity contribution in [3.63, 3.8) is 0 Å². The van der Waals surface area contributed by atoms with Crippen LogP contribution < -0.4 is 0 Å². The molecule has 0 amide bonds. The first kappa shape index (κ1) is 9.01. The Kier molecular flexibility index (Phi) is 3.87. The summed E-state index contributed by atoms with van der Waals surface area (Å²) in [6.07, 6.45) is 3.23. The molecular weight excluding hydrogens is 140 g/mol. The summed E-state index contributed by atoms with van der Waals surface area (Å²) in [6.45, 7) is 7.60. The molecule has 1 aliphatic heterocycles. The maximum atomic E-state index is 5.34. The first-order chi connectivity index (χ1) is 5.36. The standard InChI is InChI=1S/C9H17O2/c1-3-8(4-2)7-9-10-5-6-11-9/h8-9H,1,3-7H2,2H3. The van der Waals surface area contributed by atoms with Crippen molar-refractivity contribution in [2.75, 3.05) is 13.2 Å². The number of hydrogen-bond donors (Lipinski definition) is 0. The minimum Gasteiger partial charge on any atom is -0.350 e. The fraction of sp³-hybridized carbons (Fsp3) is 0.889. The summed E-state index contributed by atoms with van der Waals surface area (Å²) in [4.78, 5) is 0. The van der Waals surface area contributed by atoms with E-state index in [9.17, 15) is 0 Å². The lowest BCUT2D eigenvalue weighted by Crippen LogP contribution is -2.13. The predicted molar refractivity (Wildman–Crippen MR) is 44.1 cm³/mol. The van der Waals surface area contributed by atoms with Crippen LogP contribution in [-0.4, -0.2) is 19.5 Å². The van der Waals surface area contributed by atoms with Crippen molar-refractivity contribution >= 4 is 0 Å². The lowest BCUT2D eigenvalue weighted by atomic mass is 9.99. The molecule has 1 radical (unpaired) electrons. The van der Waals surface area contributed by atoms with Gasteiger partial charge in [0.15, 0.2) is 6.29 Å². The second-order valence-corrected chi connectivity index (χ2v) is 2.97. The minimum atomic E-state index is 0.0571. The second-order valence-electron chi connectivity index (χ2n) is 2.97. The van der Waals surface area contributed by atoms with Gasteiger partial charge >= 0.3 is 0 Å². The van der Waals surface area contributed by atoms with E-state index in [1.165, 1.54) is 6.42 Å². The normalized spacial score (nSPS) is 19.9. The molecule has 0 saturated carbocycles. The maximum absolute atomic E-state index is 5.34. The first-order valence-electron chi connectivity index (χ1n) is 4.39. The topological polar surface area (TPSA) is 18.5 Å². The zero-order chi connectivity index (χ0) is 8.10. The number of hydrogen-bond acceptors (Lipinski definition) is 2. The summed E-state index contributed by atoms with van der Waals surface area (Å²) < 4.78 is 10.7. The summed E-state index contributed by atoms with van der Waals surface area (Å²) >= 11 is 0. The van der Waals surface area contributed by atoms with Crippen LogP contribution in [0.25, 0.3) is 0 Å². The van der Waals surface area contributed by atoms with Crippen LogP contribution in [0.3, 0.4) is 0 Å². The van der Waals surface area contributed by atoms with Gasteiger partial charge in [-0.3, -0.25) is 0 Å². The van der Waals surface area contributed by atoms with E-state index in [0.29, 0.717) is 5.92 Å². The largest absolute Gasteiger partial charge is 0.350 e. The van der Waals surface area contributed by atoms with Crippen molar-refractivity contribution in [3.05, 3.63) is 6.92 Å². The van der Waals surface area contributed by atoms with E-state index in [0.717, 1.165) is 26.1 Å². The van der Waals surface area contributed by atoms with Crippen LogP contribution in [0.15, 0.2) is 0 Å². The van der Waals surface area contributed by atoms with E-state index in [2.05, 4.69) is 13.8 Å². The molecule has 11 heavy (non-hydrogen) atoms. The fourth-order valence-corrected chi connectivity index (χ4v) is 1.30. The van der Waals surface area contributed by atoms with Crippen molar-refractivity contribution in [2.24, 2.45) is 5.92 Å². The van der Waals surface area contributed by atoms with Crippen LogP contribution in [0.1, 0.15) is 26.2 Å². The molecule has 0 bridgehead atoms. The summed E-state index contributed by atoms with van der Waals surface area (Å²) in [5.41, 5.74) is 0. The molecule has 1 aliphatic rings. The van der Waals surface area contributed by atoms with Gasteiger partial charge in [0.2, 0.25) is 0 Å². The van der Waals surface area contributed by atoms with Crippen LogP contribution in [0.2, 0.25) is 0 Å². The van der Waals surface area contributed by atoms with Gasteiger partial charge in [0.05, 0.1) is 13.2 Å². The predicted octanol–water partition coefficient (Wildman–Crippen LogP) is 2.00. The SMILES string of the molecule is [CH2]CC(CC)CC1OCCO1. The molecule has 0 aliphatic carbocycles. The third-order valence-electron chi connectivity index (χ3n) is 2.20. The molecule has 65 valence electrons. The van der Waals surface area contributed by atoms with Gasteiger partial charge in [0.25, 0.3) is 0 Å². The van der Waals surface area contributed by atoms with Crippen molar-refractivity contribution in [3.8, 4) is 0 Å². The van der Waals surface area contributed by atoms with Crippen LogP contribution >= 0.6 is 0 Å². The minimum absolute atomic E-state index is 0.0571. The zero-order valence-electron chi connectivity index (χ0n) is 7.21. The Morgan fingerprint density at radius 3 is 2.55 bits per heavy atom. The van der Waals surface area contributed by atoms with Gasteiger partial charge in [-0.2, -0.15) is 0 Å². The van der Waals surface area contributed by atoms with Gasteiger partial charge in [-0.05, 0) is 5.92 Å². The second kappa shape index (κ2) is 4.73. The van der Waals surface area contributed by atoms with Gasteiger partial charge in [0.1, 0.15) is 0 Å². The molecular formula is C9H17O2. The molecule has 1 heterocycles. The first-order valence-corrected chi connectivity index (χ1v) is 4.39.